The van der Waals surface area contributed by atoms with Crippen molar-refractivity contribution in [1.82, 2.24) is 15.0 Å². The van der Waals surface area contributed by atoms with Gasteiger partial charge in [0.25, 0.3) is 5.56 Å². The minimum absolute atomic E-state index is 0.0150. The fraction of sp³-hybridized carbons (Fsp3) is 0.472. The first-order valence-corrected chi connectivity index (χ1v) is 16.8. The third-order valence-electron chi connectivity index (χ3n) is 9.62. The number of nitrogens with zero attached hydrogens (tertiary/aromatic N) is 2. The van der Waals surface area contributed by atoms with Crippen molar-refractivity contribution in [2.45, 2.75) is 75.8 Å². The van der Waals surface area contributed by atoms with E-state index in [4.69, 9.17) is 14.0 Å². The van der Waals surface area contributed by atoms with Crippen molar-refractivity contribution in [1.29, 1.82) is 0 Å². The number of carbonyl (C=O) groups is 4. The number of esters is 1. The molecule has 18 heteroatoms. The summed E-state index contributed by atoms with van der Waals surface area (Å²) in [4.78, 5) is 61.6. The number of aromatic nitrogens is 1. The summed E-state index contributed by atoms with van der Waals surface area (Å²) >= 11 is 0. The maximum absolute atomic E-state index is 13.1. The second kappa shape index (κ2) is 16.8. The van der Waals surface area contributed by atoms with E-state index in [9.17, 15) is 55.4 Å². The second-order valence-electron chi connectivity index (χ2n) is 13.1. The van der Waals surface area contributed by atoms with E-state index in [-0.39, 0.29) is 49.6 Å². The molecule has 0 spiro atoms. The van der Waals surface area contributed by atoms with Crippen molar-refractivity contribution in [3.8, 4) is 0 Å². The van der Waals surface area contributed by atoms with E-state index in [0.717, 1.165) is 29.2 Å². The highest BCUT2D eigenvalue weighted by atomic mass is 19.4. The summed E-state index contributed by atoms with van der Waals surface area (Å²) in [5.41, 5.74) is -2.89. The fourth-order valence-corrected chi connectivity index (χ4v) is 6.90. The summed E-state index contributed by atoms with van der Waals surface area (Å²) in [6, 6.07) is 10.0. The number of ether oxygens (including phenoxy) is 2. The molecule has 5 rings (SSSR count). The number of aromatic amines is 1. The number of likely N-dealkylation sites (tertiary alicyclic amines) is 2. The minimum Gasteiger partial charge on any atom is -0.466 e. The highest BCUT2D eigenvalue weighted by Crippen LogP contribution is 2.43. The molecule has 2 aliphatic heterocycles. The van der Waals surface area contributed by atoms with Crippen LogP contribution >= 0.6 is 0 Å². The number of carbonyl (C=O) groups excluding carboxylic acids is 3. The summed E-state index contributed by atoms with van der Waals surface area (Å²) in [5, 5.41) is 11.8. The molecule has 54 heavy (non-hydrogen) atoms. The molecule has 2 amide bonds. The second-order valence-corrected chi connectivity index (χ2v) is 13.1. The van der Waals surface area contributed by atoms with Gasteiger partial charge in [-0.3, -0.25) is 19.3 Å². The number of amides is 2. The Labute approximate surface area is 305 Å². The smallest absolute Gasteiger partial charge is 0.416 e. The first kappa shape index (κ1) is 41.5. The van der Waals surface area contributed by atoms with Crippen LogP contribution in [0.2, 0.25) is 0 Å². The maximum Gasteiger partial charge on any atom is 0.416 e. The van der Waals surface area contributed by atoms with E-state index in [1.165, 1.54) is 43.2 Å². The number of ketones is 1. The van der Waals surface area contributed by atoms with E-state index >= 15 is 0 Å². The zero-order valence-corrected chi connectivity index (χ0v) is 29.5. The molecule has 2 fully saturated rings. The lowest BCUT2D eigenvalue weighted by Crippen LogP contribution is -2.53. The topological polar surface area (TPSA) is 159 Å². The van der Waals surface area contributed by atoms with E-state index < -0.39 is 71.3 Å². The van der Waals surface area contributed by atoms with Gasteiger partial charge in [0.2, 0.25) is 0 Å². The van der Waals surface area contributed by atoms with Crippen LogP contribution in [-0.2, 0) is 37.0 Å². The Kier molecular flexibility index (Phi) is 12.9. The number of benzene rings is 2. The molecule has 0 unspecified atom stereocenters. The third kappa shape index (κ3) is 9.82. The van der Waals surface area contributed by atoms with Gasteiger partial charge in [-0.1, -0.05) is 24.3 Å². The van der Waals surface area contributed by atoms with Gasteiger partial charge in [-0.2, -0.15) is 31.5 Å². The molecule has 12 nitrogen and oxygen atoms in total. The molecule has 0 saturated carbocycles. The largest absolute Gasteiger partial charge is 0.466 e. The zero-order chi connectivity index (χ0) is 40.0. The molecule has 2 aliphatic rings. The first-order chi connectivity index (χ1) is 25.3. The van der Waals surface area contributed by atoms with E-state index in [1.54, 1.807) is 13.0 Å². The van der Waals surface area contributed by atoms with Gasteiger partial charge in [-0.25, -0.2) is 9.59 Å². The summed E-state index contributed by atoms with van der Waals surface area (Å²) in [7, 11) is 1.23. The zero-order valence-electron chi connectivity index (χ0n) is 29.5. The molecule has 294 valence electrons. The molecule has 0 bridgehead atoms. The first-order valence-electron chi connectivity index (χ1n) is 16.8. The number of piperidine rings is 2. The highest BCUT2D eigenvalue weighted by molar-refractivity contribution is 5.97. The van der Waals surface area contributed by atoms with E-state index in [2.05, 4.69) is 5.16 Å². The standard InChI is InChI=1S/C19H22F3NO5.C17H17F3N2O4/c1-3-28-16(25)10-15(24)12-7-8-23(17(26)27)18(2,11-12)13-5-4-6-14(9-13)19(20,21)22;1-25-16(24)22-6-5-11(14-9-15(23)21-26-14)8-13(22)10-3-2-4-12(7-10)17(18,19)20/h4-6,9,12H,3,7-8,10-11H2,1-2H3,(H,26,27);2-4,7,9,11,13H,5-6,8H2,1H3,(H,21,23)/t12-,18-;11-,13-/m00/s1. The Balaban J connectivity index is 0.000000241. The molecule has 1 aromatic heterocycles. The Morgan fingerprint density at radius 3 is 2.19 bits per heavy atom. The van der Waals surface area contributed by atoms with Crippen LogP contribution < -0.4 is 5.56 Å². The number of alkyl halides is 6. The molecule has 0 aliphatic carbocycles. The number of hydrogen-bond donors (Lipinski definition) is 2. The summed E-state index contributed by atoms with van der Waals surface area (Å²) in [6.45, 7) is 3.48. The number of rotatable bonds is 7. The van der Waals surface area contributed by atoms with Crippen molar-refractivity contribution in [3.05, 3.63) is 93.0 Å². The van der Waals surface area contributed by atoms with Crippen LogP contribution in [-0.4, -0.2) is 70.8 Å². The number of halogens is 6. The van der Waals surface area contributed by atoms with Gasteiger partial charge in [0, 0.05) is 31.0 Å². The summed E-state index contributed by atoms with van der Waals surface area (Å²) < 4.78 is 93.1. The number of Topliss-reactive ketones (excluding diaryl/α,β-unsaturated/α-hetero) is 1. The van der Waals surface area contributed by atoms with Gasteiger partial charge in [-0.15, -0.1) is 0 Å². The number of carboxylic acid groups (broad SMARTS) is 1. The molecule has 2 N–H and O–H groups in total. The molecular weight excluding hydrogens is 732 g/mol. The van der Waals surface area contributed by atoms with Crippen molar-refractivity contribution in [2.24, 2.45) is 5.92 Å². The Hall–Kier alpha value is -5.29. The summed E-state index contributed by atoms with van der Waals surface area (Å²) in [6.07, 6.45) is -10.4. The number of methoxy groups -OCH3 is 1. The van der Waals surface area contributed by atoms with Crippen LogP contribution in [0.25, 0.3) is 0 Å². The SMILES string of the molecule is CCOC(=O)CC(=O)[C@H]1CCN(C(=O)O)[C@](C)(c2cccc(C(F)(F)F)c2)C1.COC(=O)N1CC[C@H](c2cc(=O)[nH]o2)C[C@H]1c1cccc(C(F)(F)F)c1. The lowest BCUT2D eigenvalue weighted by molar-refractivity contribution is -0.147. The van der Waals surface area contributed by atoms with Crippen LogP contribution in [0.15, 0.2) is 63.9 Å². The minimum atomic E-state index is -4.58. The Bertz CT molecular complexity index is 1870. The van der Waals surface area contributed by atoms with Gasteiger partial charge in [0.15, 0.2) is 0 Å². The molecule has 3 heterocycles. The average Bonchev–Trinajstić information content (AvgIpc) is 3.56. The molecular formula is C36H39F6N3O9. The monoisotopic (exact) mass is 771 g/mol. The summed E-state index contributed by atoms with van der Waals surface area (Å²) in [5.74, 6) is -1.50. The number of H-pyrrole nitrogens is 1. The quantitative estimate of drug-likeness (QED) is 0.141. The Morgan fingerprint density at radius 1 is 0.963 bits per heavy atom. The van der Waals surface area contributed by atoms with E-state index in [1.807, 2.05) is 0 Å². The van der Waals surface area contributed by atoms with Crippen LogP contribution in [0.1, 0.15) is 85.9 Å². The van der Waals surface area contributed by atoms with Gasteiger partial charge in [0.1, 0.15) is 18.0 Å². The molecule has 2 aromatic carbocycles. The lowest BCUT2D eigenvalue weighted by atomic mass is 9.75. The number of hydrogen-bond acceptors (Lipinski definition) is 8. The van der Waals surface area contributed by atoms with Gasteiger partial charge in [-0.05, 0) is 74.9 Å². The van der Waals surface area contributed by atoms with Crippen LogP contribution in [0.4, 0.5) is 35.9 Å². The predicted octanol–water partition coefficient (Wildman–Crippen LogP) is 7.51. The highest BCUT2D eigenvalue weighted by Gasteiger charge is 2.46. The predicted molar refractivity (Wildman–Crippen MR) is 177 cm³/mol. The fourth-order valence-electron chi connectivity index (χ4n) is 6.90. The maximum atomic E-state index is 13.1. The molecule has 0 radical (unpaired) electrons. The normalized spacial score (nSPS) is 21.8. The average molecular weight is 772 g/mol. The van der Waals surface area contributed by atoms with Crippen molar-refractivity contribution >= 4 is 23.9 Å². The van der Waals surface area contributed by atoms with Gasteiger partial charge < -0.3 is 24.0 Å². The van der Waals surface area contributed by atoms with Gasteiger partial charge >= 0.3 is 30.5 Å². The molecule has 3 aromatic rings. The van der Waals surface area contributed by atoms with Crippen molar-refractivity contribution < 1.29 is 64.6 Å². The molecule has 4 atom stereocenters. The van der Waals surface area contributed by atoms with E-state index in [0.29, 0.717) is 24.2 Å². The van der Waals surface area contributed by atoms with Gasteiger partial charge in [0.05, 0.1) is 36.4 Å². The van der Waals surface area contributed by atoms with Crippen molar-refractivity contribution in [3.63, 3.8) is 0 Å². The number of nitrogens with one attached hydrogen (secondary N) is 1. The van der Waals surface area contributed by atoms with Crippen LogP contribution in [0.3, 0.4) is 0 Å². The Morgan fingerprint density at radius 2 is 1.61 bits per heavy atom. The van der Waals surface area contributed by atoms with Crippen LogP contribution in [0.5, 0.6) is 0 Å². The van der Waals surface area contributed by atoms with Crippen LogP contribution in [0, 0.1) is 5.92 Å². The molecule has 2 saturated heterocycles. The lowest BCUT2D eigenvalue weighted by Gasteiger charge is -2.46. The third-order valence-corrected chi connectivity index (χ3v) is 9.62. The van der Waals surface area contributed by atoms with Crippen molar-refractivity contribution in [2.75, 3.05) is 26.8 Å².